The van der Waals surface area contributed by atoms with Crippen molar-refractivity contribution >= 4 is 17.3 Å². The van der Waals surface area contributed by atoms with Gasteiger partial charge in [0.05, 0.1) is 6.20 Å². The third-order valence-corrected chi connectivity index (χ3v) is 5.36. The average molecular weight is 353 g/mol. The second-order valence-corrected chi connectivity index (χ2v) is 7.03. The molecule has 9 nitrogen and oxygen atoms in total. The van der Waals surface area contributed by atoms with Crippen molar-refractivity contribution in [1.29, 1.82) is 0 Å². The van der Waals surface area contributed by atoms with Crippen molar-refractivity contribution in [3.63, 3.8) is 0 Å². The number of nitrogens with zero attached hydrogens (tertiary/aromatic N) is 7. The summed E-state index contributed by atoms with van der Waals surface area (Å²) in [6, 6.07) is 5.98. The molecule has 134 valence electrons. The standard InChI is InChI=1S/C17H19N7O2/c25-24(26)17-16(19-14-3-1-2-8-22(14)17)21-9-6-12(7-10-21)15-20-18-11-23(15)13-4-5-13/h1-3,8,11-13H,4-7,9-10H2. The van der Waals surface area contributed by atoms with Gasteiger partial charge in [0.2, 0.25) is 11.5 Å². The molecule has 2 aliphatic rings. The molecule has 1 aliphatic carbocycles. The summed E-state index contributed by atoms with van der Waals surface area (Å²) in [4.78, 5) is 17.8. The minimum Gasteiger partial charge on any atom is -0.358 e. The molecule has 1 saturated carbocycles. The van der Waals surface area contributed by atoms with Crippen LogP contribution in [0.2, 0.25) is 0 Å². The van der Waals surface area contributed by atoms with E-state index in [9.17, 15) is 10.1 Å². The summed E-state index contributed by atoms with van der Waals surface area (Å²) in [5.74, 6) is 1.92. The van der Waals surface area contributed by atoms with Crippen molar-refractivity contribution in [2.75, 3.05) is 18.0 Å². The fraction of sp³-hybridized carbons (Fsp3) is 0.471. The Balaban J connectivity index is 1.40. The highest BCUT2D eigenvalue weighted by atomic mass is 16.6. The molecule has 5 rings (SSSR count). The van der Waals surface area contributed by atoms with E-state index in [0.29, 0.717) is 23.4 Å². The maximum Gasteiger partial charge on any atom is 0.372 e. The first-order chi connectivity index (χ1) is 12.7. The van der Waals surface area contributed by atoms with E-state index in [-0.39, 0.29) is 10.7 Å². The van der Waals surface area contributed by atoms with Gasteiger partial charge in [-0.2, -0.15) is 9.38 Å². The molecule has 0 unspecified atom stereocenters. The minimum absolute atomic E-state index is 0.0418. The number of rotatable bonds is 4. The Morgan fingerprint density at radius 2 is 1.96 bits per heavy atom. The lowest BCUT2D eigenvalue weighted by atomic mass is 9.96. The number of pyridine rings is 1. The predicted octanol–water partition coefficient (Wildman–Crippen LogP) is 2.55. The van der Waals surface area contributed by atoms with Crippen molar-refractivity contribution < 1.29 is 4.92 Å². The van der Waals surface area contributed by atoms with Crippen LogP contribution >= 0.6 is 0 Å². The van der Waals surface area contributed by atoms with Crippen molar-refractivity contribution in [2.45, 2.75) is 37.6 Å². The Kier molecular flexibility index (Phi) is 3.41. The molecule has 0 bridgehead atoms. The highest BCUT2D eigenvalue weighted by molar-refractivity contribution is 5.63. The summed E-state index contributed by atoms with van der Waals surface area (Å²) in [6.07, 6.45) is 7.74. The molecular formula is C17H19N7O2. The van der Waals surface area contributed by atoms with Crippen molar-refractivity contribution in [2.24, 2.45) is 0 Å². The molecule has 0 radical (unpaired) electrons. The van der Waals surface area contributed by atoms with Crippen molar-refractivity contribution in [3.8, 4) is 0 Å². The van der Waals surface area contributed by atoms with Crippen LogP contribution in [0.15, 0.2) is 30.7 Å². The van der Waals surface area contributed by atoms with Gasteiger partial charge in [-0.05, 0) is 36.7 Å². The Hall–Kier alpha value is -2.97. The second kappa shape index (κ2) is 5.79. The van der Waals surface area contributed by atoms with Crippen molar-refractivity contribution in [1.82, 2.24) is 24.1 Å². The van der Waals surface area contributed by atoms with E-state index >= 15 is 0 Å². The number of fused-ring (bicyclic) bond motifs is 1. The van der Waals surface area contributed by atoms with E-state index in [0.717, 1.165) is 31.8 Å². The number of anilines is 1. The summed E-state index contributed by atoms with van der Waals surface area (Å²) in [7, 11) is 0. The van der Waals surface area contributed by atoms with E-state index < -0.39 is 0 Å². The lowest BCUT2D eigenvalue weighted by Crippen LogP contribution is -2.34. The minimum atomic E-state index is -0.342. The zero-order chi connectivity index (χ0) is 17.7. The number of nitro groups is 1. The fourth-order valence-electron chi connectivity index (χ4n) is 3.88. The van der Waals surface area contributed by atoms with E-state index in [1.807, 2.05) is 17.3 Å². The summed E-state index contributed by atoms with van der Waals surface area (Å²) >= 11 is 0. The SMILES string of the molecule is O=[N+]([O-])c1c(N2CCC(c3nncn3C3CC3)CC2)nc2ccccn12. The molecule has 1 saturated heterocycles. The lowest BCUT2D eigenvalue weighted by molar-refractivity contribution is -0.389. The van der Waals surface area contributed by atoms with E-state index in [2.05, 4.69) is 19.7 Å². The Morgan fingerprint density at radius 1 is 1.15 bits per heavy atom. The Morgan fingerprint density at radius 3 is 2.69 bits per heavy atom. The van der Waals surface area contributed by atoms with Crippen LogP contribution in [0, 0.1) is 10.1 Å². The van der Waals surface area contributed by atoms with Crippen LogP contribution in [-0.2, 0) is 0 Å². The van der Waals surface area contributed by atoms with Gasteiger partial charge in [-0.15, -0.1) is 10.2 Å². The average Bonchev–Trinajstić information content (AvgIpc) is 3.25. The fourth-order valence-corrected chi connectivity index (χ4v) is 3.88. The third kappa shape index (κ3) is 2.42. The smallest absolute Gasteiger partial charge is 0.358 e. The molecule has 4 heterocycles. The van der Waals surface area contributed by atoms with Gasteiger partial charge in [-0.25, -0.2) is 0 Å². The Labute approximate surface area is 149 Å². The first-order valence-electron chi connectivity index (χ1n) is 8.98. The molecule has 26 heavy (non-hydrogen) atoms. The number of imidazole rings is 1. The van der Waals surface area contributed by atoms with Crippen molar-refractivity contribution in [3.05, 3.63) is 46.7 Å². The maximum atomic E-state index is 11.6. The van der Waals surface area contributed by atoms with Crippen LogP contribution in [0.5, 0.6) is 0 Å². The van der Waals surface area contributed by atoms with Crippen LogP contribution in [0.4, 0.5) is 11.6 Å². The molecule has 0 aromatic carbocycles. The quantitative estimate of drug-likeness (QED) is 0.528. The molecule has 0 spiro atoms. The molecule has 2 fully saturated rings. The highest BCUT2D eigenvalue weighted by Crippen LogP contribution is 2.39. The van der Waals surface area contributed by atoms with Crippen LogP contribution in [-0.4, -0.2) is 42.2 Å². The number of aromatic nitrogens is 5. The van der Waals surface area contributed by atoms with E-state index in [4.69, 9.17) is 0 Å². The maximum absolute atomic E-state index is 11.6. The zero-order valence-electron chi connectivity index (χ0n) is 14.2. The molecule has 3 aromatic heterocycles. The Bertz CT molecular complexity index is 967. The summed E-state index contributed by atoms with van der Waals surface area (Å²) < 4.78 is 3.76. The van der Waals surface area contributed by atoms with Crippen LogP contribution < -0.4 is 4.90 Å². The summed E-state index contributed by atoms with van der Waals surface area (Å²) in [5, 5.41) is 20.1. The van der Waals surface area contributed by atoms with Crippen LogP contribution in [0.3, 0.4) is 0 Å². The summed E-state index contributed by atoms with van der Waals surface area (Å²) in [5.41, 5.74) is 0.602. The molecule has 3 aromatic rings. The summed E-state index contributed by atoms with van der Waals surface area (Å²) in [6.45, 7) is 1.46. The highest BCUT2D eigenvalue weighted by Gasteiger charge is 2.33. The van der Waals surface area contributed by atoms with Gasteiger partial charge in [0, 0.05) is 31.1 Å². The van der Waals surface area contributed by atoms with Gasteiger partial charge in [0.25, 0.3) is 0 Å². The molecule has 9 heteroatoms. The molecule has 1 aliphatic heterocycles. The van der Waals surface area contributed by atoms with Crippen LogP contribution in [0.1, 0.15) is 43.5 Å². The molecule has 0 amide bonds. The third-order valence-electron chi connectivity index (χ3n) is 5.36. The first-order valence-corrected chi connectivity index (χ1v) is 8.98. The van der Waals surface area contributed by atoms with Gasteiger partial charge in [-0.3, -0.25) is 0 Å². The van der Waals surface area contributed by atoms with Gasteiger partial charge < -0.3 is 19.6 Å². The monoisotopic (exact) mass is 353 g/mol. The topological polar surface area (TPSA) is 94.4 Å². The van der Waals surface area contributed by atoms with Gasteiger partial charge in [0.15, 0.2) is 0 Å². The predicted molar refractivity (Wildman–Crippen MR) is 94.3 cm³/mol. The van der Waals surface area contributed by atoms with Gasteiger partial charge in [-0.1, -0.05) is 6.07 Å². The number of piperidine rings is 1. The lowest BCUT2D eigenvalue weighted by Gasteiger charge is -2.31. The largest absolute Gasteiger partial charge is 0.372 e. The molecular weight excluding hydrogens is 334 g/mol. The van der Waals surface area contributed by atoms with Gasteiger partial charge in [0.1, 0.15) is 12.2 Å². The normalized spacial score (nSPS) is 18.5. The number of hydrogen-bond acceptors (Lipinski definition) is 6. The number of hydrogen-bond donors (Lipinski definition) is 0. The van der Waals surface area contributed by atoms with E-state index in [1.54, 1.807) is 22.7 Å². The first kappa shape index (κ1) is 15.3. The van der Waals surface area contributed by atoms with Crippen LogP contribution in [0.25, 0.3) is 5.65 Å². The second-order valence-electron chi connectivity index (χ2n) is 7.03. The van der Waals surface area contributed by atoms with E-state index in [1.165, 1.54) is 12.8 Å². The molecule has 0 atom stereocenters. The molecule has 0 N–H and O–H groups in total. The zero-order valence-corrected chi connectivity index (χ0v) is 14.2. The van der Waals surface area contributed by atoms with Gasteiger partial charge >= 0.3 is 5.82 Å².